The minimum atomic E-state index is -0.429. The molecule has 32 heavy (non-hydrogen) atoms. The van der Waals surface area contributed by atoms with Crippen LogP contribution < -0.4 is 24.8 Å². The van der Waals surface area contributed by atoms with Gasteiger partial charge in [-0.15, -0.1) is 0 Å². The SMILES string of the molecule is COc1cc(C(=O)NC(=S)Nc2ccc(-c3ccc(CO)o3)c(C)c2)cc(OC)c1OC. The van der Waals surface area contributed by atoms with Crippen LogP contribution in [-0.4, -0.2) is 37.5 Å². The summed E-state index contributed by atoms with van der Waals surface area (Å²) < 4.78 is 21.4. The molecule has 0 aliphatic heterocycles. The number of rotatable bonds is 7. The van der Waals surface area contributed by atoms with Crippen LogP contribution in [0.15, 0.2) is 46.9 Å². The largest absolute Gasteiger partial charge is 0.493 e. The van der Waals surface area contributed by atoms with E-state index in [-0.39, 0.29) is 11.7 Å². The zero-order chi connectivity index (χ0) is 23.3. The van der Waals surface area contributed by atoms with Gasteiger partial charge in [0.15, 0.2) is 16.6 Å². The molecule has 0 spiro atoms. The van der Waals surface area contributed by atoms with Gasteiger partial charge in [-0.1, -0.05) is 0 Å². The standard InChI is InChI=1S/C23H24N2O6S/c1-13-9-15(5-7-17(13)18-8-6-16(12-26)31-18)24-23(32)25-22(27)14-10-19(28-2)21(30-4)20(11-14)29-3/h5-11,26H,12H2,1-4H3,(H2,24,25,27,32). The summed E-state index contributed by atoms with van der Waals surface area (Å²) in [6.07, 6.45) is 0. The molecule has 0 atom stereocenters. The number of hydrogen-bond acceptors (Lipinski definition) is 7. The Morgan fingerprint density at radius 3 is 2.25 bits per heavy atom. The van der Waals surface area contributed by atoms with Crippen LogP contribution in [0.25, 0.3) is 11.3 Å². The van der Waals surface area contributed by atoms with Gasteiger partial charge in [-0.25, -0.2) is 0 Å². The van der Waals surface area contributed by atoms with Crippen molar-refractivity contribution in [3.63, 3.8) is 0 Å². The van der Waals surface area contributed by atoms with Crippen molar-refractivity contribution in [2.24, 2.45) is 0 Å². The van der Waals surface area contributed by atoms with Crippen LogP contribution in [0.3, 0.4) is 0 Å². The third-order valence-electron chi connectivity index (χ3n) is 4.72. The number of furan rings is 1. The Bertz CT molecular complexity index is 1120. The summed E-state index contributed by atoms with van der Waals surface area (Å²) in [7, 11) is 4.44. The maximum atomic E-state index is 12.7. The number of aliphatic hydroxyl groups is 1. The molecule has 0 saturated heterocycles. The van der Waals surface area contributed by atoms with Crippen LogP contribution in [0.4, 0.5) is 5.69 Å². The molecular weight excluding hydrogens is 432 g/mol. The first-order chi connectivity index (χ1) is 15.4. The molecule has 0 saturated carbocycles. The van der Waals surface area contributed by atoms with Crippen molar-refractivity contribution in [1.29, 1.82) is 0 Å². The van der Waals surface area contributed by atoms with Crippen molar-refractivity contribution in [1.82, 2.24) is 5.32 Å². The van der Waals surface area contributed by atoms with Crippen molar-refractivity contribution in [2.75, 3.05) is 26.6 Å². The summed E-state index contributed by atoms with van der Waals surface area (Å²) in [5.74, 6) is 1.86. The number of thiocarbonyl (C=S) groups is 1. The number of benzene rings is 2. The second-order valence-electron chi connectivity index (χ2n) is 6.78. The van der Waals surface area contributed by atoms with E-state index in [0.29, 0.717) is 40.0 Å². The van der Waals surface area contributed by atoms with E-state index in [1.807, 2.05) is 31.2 Å². The van der Waals surface area contributed by atoms with Crippen LogP contribution in [0.1, 0.15) is 21.7 Å². The van der Waals surface area contributed by atoms with Crippen LogP contribution in [0.2, 0.25) is 0 Å². The minimum absolute atomic E-state index is 0.136. The zero-order valence-corrected chi connectivity index (χ0v) is 19.0. The number of methoxy groups -OCH3 is 3. The minimum Gasteiger partial charge on any atom is -0.493 e. The third kappa shape index (κ3) is 5.01. The topological polar surface area (TPSA) is 102 Å². The molecule has 0 unspecified atom stereocenters. The average Bonchev–Trinajstić information content (AvgIpc) is 3.26. The molecule has 0 aliphatic carbocycles. The van der Waals surface area contributed by atoms with Crippen molar-refractivity contribution >= 4 is 28.9 Å². The van der Waals surface area contributed by atoms with E-state index in [4.69, 9.17) is 30.8 Å². The molecule has 0 radical (unpaired) electrons. The Morgan fingerprint density at radius 2 is 1.72 bits per heavy atom. The van der Waals surface area contributed by atoms with E-state index in [0.717, 1.165) is 11.1 Å². The van der Waals surface area contributed by atoms with E-state index in [9.17, 15) is 9.90 Å². The third-order valence-corrected chi connectivity index (χ3v) is 4.93. The molecule has 1 heterocycles. The monoisotopic (exact) mass is 456 g/mol. The Morgan fingerprint density at radius 1 is 1.03 bits per heavy atom. The van der Waals surface area contributed by atoms with Gasteiger partial charge in [0.2, 0.25) is 5.75 Å². The van der Waals surface area contributed by atoms with E-state index in [1.165, 1.54) is 21.3 Å². The highest BCUT2D eigenvalue weighted by Crippen LogP contribution is 2.38. The van der Waals surface area contributed by atoms with Gasteiger partial charge in [-0.3, -0.25) is 10.1 Å². The molecule has 3 aromatic rings. The molecule has 3 rings (SSSR count). The Labute approximate surface area is 191 Å². The summed E-state index contributed by atoms with van der Waals surface area (Å²) >= 11 is 5.30. The first kappa shape index (κ1) is 23.1. The molecule has 0 bridgehead atoms. The normalized spacial score (nSPS) is 10.4. The van der Waals surface area contributed by atoms with Crippen LogP contribution in [-0.2, 0) is 6.61 Å². The molecule has 3 N–H and O–H groups in total. The van der Waals surface area contributed by atoms with Crippen molar-refractivity contribution in [3.8, 4) is 28.6 Å². The Balaban J connectivity index is 1.71. The number of hydrogen-bond donors (Lipinski definition) is 3. The fourth-order valence-electron chi connectivity index (χ4n) is 3.18. The lowest BCUT2D eigenvalue weighted by Gasteiger charge is -2.15. The fraction of sp³-hybridized carbons (Fsp3) is 0.217. The molecule has 168 valence electrons. The number of carbonyl (C=O) groups is 1. The quantitative estimate of drug-likeness (QED) is 0.460. The molecular formula is C23H24N2O6S. The van der Waals surface area contributed by atoms with Crippen molar-refractivity contribution < 1.29 is 28.5 Å². The van der Waals surface area contributed by atoms with Gasteiger partial charge in [-0.2, -0.15) is 0 Å². The Hall–Kier alpha value is -3.56. The lowest BCUT2D eigenvalue weighted by atomic mass is 10.1. The van der Waals surface area contributed by atoms with E-state index in [1.54, 1.807) is 18.2 Å². The maximum Gasteiger partial charge on any atom is 0.257 e. The van der Waals surface area contributed by atoms with E-state index in [2.05, 4.69) is 10.6 Å². The number of aliphatic hydroxyl groups excluding tert-OH is 1. The number of carbonyl (C=O) groups excluding carboxylic acids is 1. The summed E-state index contributed by atoms with van der Waals surface area (Å²) in [5, 5.41) is 15.0. The van der Waals surface area contributed by atoms with Crippen LogP contribution in [0, 0.1) is 6.92 Å². The van der Waals surface area contributed by atoms with E-state index >= 15 is 0 Å². The van der Waals surface area contributed by atoms with Gasteiger partial charge >= 0.3 is 0 Å². The van der Waals surface area contributed by atoms with Crippen molar-refractivity contribution in [3.05, 3.63) is 59.4 Å². The van der Waals surface area contributed by atoms with Gasteiger partial charge < -0.3 is 29.1 Å². The van der Waals surface area contributed by atoms with Crippen LogP contribution >= 0.6 is 12.2 Å². The fourth-order valence-corrected chi connectivity index (χ4v) is 3.39. The maximum absolute atomic E-state index is 12.7. The number of aryl methyl sites for hydroxylation is 1. The second kappa shape index (κ2) is 10.2. The molecule has 0 aliphatic rings. The van der Waals surface area contributed by atoms with Gasteiger partial charge in [0, 0.05) is 16.8 Å². The average molecular weight is 457 g/mol. The van der Waals surface area contributed by atoms with Gasteiger partial charge in [0.05, 0.1) is 21.3 Å². The number of anilines is 1. The number of amides is 1. The Kier molecular flexibility index (Phi) is 7.34. The molecule has 1 aromatic heterocycles. The summed E-state index contributed by atoms with van der Waals surface area (Å²) in [6.45, 7) is 1.78. The smallest absolute Gasteiger partial charge is 0.257 e. The summed E-state index contributed by atoms with van der Waals surface area (Å²) in [4.78, 5) is 12.7. The lowest BCUT2D eigenvalue weighted by Crippen LogP contribution is -2.34. The van der Waals surface area contributed by atoms with Crippen LogP contribution in [0.5, 0.6) is 17.2 Å². The highest BCUT2D eigenvalue weighted by molar-refractivity contribution is 7.80. The summed E-state index contributed by atoms with van der Waals surface area (Å²) in [5.41, 5.74) is 2.83. The van der Waals surface area contributed by atoms with Gasteiger partial charge in [-0.05, 0) is 67.2 Å². The predicted molar refractivity (Wildman–Crippen MR) is 125 cm³/mol. The molecule has 2 aromatic carbocycles. The lowest BCUT2D eigenvalue weighted by molar-refractivity contribution is 0.0977. The highest BCUT2D eigenvalue weighted by Gasteiger charge is 2.18. The molecule has 1 amide bonds. The predicted octanol–water partition coefficient (Wildman–Crippen LogP) is 3.90. The van der Waals surface area contributed by atoms with Gasteiger partial charge in [0.1, 0.15) is 18.1 Å². The summed E-state index contributed by atoms with van der Waals surface area (Å²) in [6, 6.07) is 12.2. The molecule has 9 heteroatoms. The first-order valence-corrected chi connectivity index (χ1v) is 10.0. The first-order valence-electron chi connectivity index (χ1n) is 9.63. The zero-order valence-electron chi connectivity index (χ0n) is 18.1. The molecule has 8 nitrogen and oxygen atoms in total. The highest BCUT2D eigenvalue weighted by atomic mass is 32.1. The number of nitrogens with one attached hydrogen (secondary N) is 2. The van der Waals surface area contributed by atoms with Crippen molar-refractivity contribution in [2.45, 2.75) is 13.5 Å². The molecule has 0 fully saturated rings. The second-order valence-corrected chi connectivity index (χ2v) is 7.18. The van der Waals surface area contributed by atoms with Gasteiger partial charge in [0.25, 0.3) is 5.91 Å². The number of ether oxygens (including phenoxy) is 3. The van der Waals surface area contributed by atoms with E-state index < -0.39 is 5.91 Å².